The monoisotopic (exact) mass is 412 g/mol. The van der Waals surface area contributed by atoms with Gasteiger partial charge >= 0.3 is 5.97 Å². The zero-order valence-electron chi connectivity index (χ0n) is 16.3. The van der Waals surface area contributed by atoms with E-state index in [4.69, 9.17) is 23.7 Å². The second-order valence-electron chi connectivity index (χ2n) is 6.34. The van der Waals surface area contributed by atoms with Gasteiger partial charge in [0.1, 0.15) is 24.0 Å². The summed E-state index contributed by atoms with van der Waals surface area (Å²) in [6, 6.07) is 9.79. The van der Waals surface area contributed by atoms with Crippen LogP contribution in [0.1, 0.15) is 21.9 Å². The molecule has 1 aliphatic heterocycles. The third-order valence-corrected chi connectivity index (χ3v) is 4.39. The molecule has 1 N–H and O–H groups in total. The Morgan fingerprint density at radius 3 is 2.63 bits per heavy atom. The molecule has 0 aliphatic carbocycles. The normalized spacial score (nSPS) is 14.1. The van der Waals surface area contributed by atoms with Gasteiger partial charge in [0.15, 0.2) is 11.5 Å². The van der Waals surface area contributed by atoms with E-state index in [1.54, 1.807) is 23.1 Å². The number of nitriles is 1. The van der Waals surface area contributed by atoms with E-state index < -0.39 is 5.97 Å². The van der Waals surface area contributed by atoms with Crippen LogP contribution in [0.2, 0.25) is 0 Å². The van der Waals surface area contributed by atoms with Gasteiger partial charge in [-0.15, -0.1) is 0 Å². The van der Waals surface area contributed by atoms with Gasteiger partial charge in [-0.25, -0.2) is 4.79 Å². The average Bonchev–Trinajstić information content (AvgIpc) is 3.26. The minimum atomic E-state index is -1.16. The number of carbonyl (C=O) groups excluding carboxylic acids is 1. The van der Waals surface area contributed by atoms with Gasteiger partial charge in [-0.05, 0) is 35.9 Å². The van der Waals surface area contributed by atoms with Crippen molar-refractivity contribution in [1.29, 1.82) is 5.26 Å². The largest absolute Gasteiger partial charge is 0.493 e. The summed E-state index contributed by atoms with van der Waals surface area (Å²) in [5.74, 6) is -0.524. The number of hydrogen-bond acceptors (Lipinski definition) is 7. The number of benzene rings is 1. The molecule has 2 aromatic rings. The molecule has 156 valence electrons. The van der Waals surface area contributed by atoms with Crippen LogP contribution >= 0.6 is 0 Å². The van der Waals surface area contributed by atoms with Crippen LogP contribution < -0.4 is 9.47 Å². The minimum Gasteiger partial charge on any atom is -0.493 e. The fourth-order valence-electron chi connectivity index (χ4n) is 2.86. The molecule has 9 nitrogen and oxygen atoms in total. The van der Waals surface area contributed by atoms with Crippen LogP contribution in [0.5, 0.6) is 11.5 Å². The summed E-state index contributed by atoms with van der Waals surface area (Å²) in [5.41, 5.74) is 0.618. The first-order chi connectivity index (χ1) is 14.5. The number of morpholine rings is 1. The van der Waals surface area contributed by atoms with Gasteiger partial charge in [0.05, 0.1) is 20.3 Å². The highest BCUT2D eigenvalue weighted by atomic mass is 16.5. The molecule has 1 amide bonds. The number of carboxylic acids is 1. The number of ether oxygens (including phenoxy) is 3. The van der Waals surface area contributed by atoms with Crippen molar-refractivity contribution >= 4 is 18.0 Å². The number of methoxy groups -OCH3 is 1. The number of rotatable bonds is 7. The first kappa shape index (κ1) is 21.0. The van der Waals surface area contributed by atoms with Crippen molar-refractivity contribution in [3.8, 4) is 17.6 Å². The second-order valence-corrected chi connectivity index (χ2v) is 6.34. The molecule has 30 heavy (non-hydrogen) atoms. The number of hydrogen-bond donors (Lipinski definition) is 1. The lowest BCUT2D eigenvalue weighted by molar-refractivity contribution is -0.130. The lowest BCUT2D eigenvalue weighted by Crippen LogP contribution is -2.41. The molecule has 1 aromatic carbocycles. The highest BCUT2D eigenvalue weighted by Gasteiger charge is 2.20. The minimum absolute atomic E-state index is 0.0117. The van der Waals surface area contributed by atoms with Crippen molar-refractivity contribution in [3.63, 3.8) is 0 Å². The maximum atomic E-state index is 12.5. The number of furan rings is 1. The lowest BCUT2D eigenvalue weighted by atomic mass is 10.1. The van der Waals surface area contributed by atoms with Crippen molar-refractivity contribution in [2.45, 2.75) is 6.61 Å². The van der Waals surface area contributed by atoms with Gasteiger partial charge in [-0.1, -0.05) is 6.07 Å². The van der Waals surface area contributed by atoms with Gasteiger partial charge in [0.2, 0.25) is 5.76 Å². The molecule has 3 rings (SSSR count). The molecule has 9 heteroatoms. The topological polar surface area (TPSA) is 122 Å². The van der Waals surface area contributed by atoms with Crippen molar-refractivity contribution < 1.29 is 33.3 Å². The Bertz CT molecular complexity index is 997. The zero-order valence-corrected chi connectivity index (χ0v) is 16.3. The summed E-state index contributed by atoms with van der Waals surface area (Å²) in [5, 5.41) is 18.3. The van der Waals surface area contributed by atoms with Gasteiger partial charge in [0, 0.05) is 13.1 Å². The number of amides is 1. The van der Waals surface area contributed by atoms with Crippen molar-refractivity contribution in [2.75, 3.05) is 33.4 Å². The molecule has 0 atom stereocenters. The summed E-state index contributed by atoms with van der Waals surface area (Å²) in [4.78, 5) is 25.0. The number of carboxylic acid groups (broad SMARTS) is 1. The van der Waals surface area contributed by atoms with E-state index in [0.29, 0.717) is 49.1 Å². The smallest absolute Gasteiger partial charge is 0.371 e. The Morgan fingerprint density at radius 1 is 1.23 bits per heavy atom. The Labute approximate surface area is 172 Å². The van der Waals surface area contributed by atoms with Crippen LogP contribution in [-0.4, -0.2) is 55.3 Å². The fraction of sp³-hybridized carbons (Fsp3) is 0.286. The molecule has 0 radical (unpaired) electrons. The van der Waals surface area contributed by atoms with Crippen LogP contribution in [0.4, 0.5) is 0 Å². The predicted octanol–water partition coefficient (Wildman–Crippen LogP) is 2.33. The Kier molecular flexibility index (Phi) is 6.72. The summed E-state index contributed by atoms with van der Waals surface area (Å²) < 4.78 is 21.4. The average molecular weight is 412 g/mol. The summed E-state index contributed by atoms with van der Waals surface area (Å²) in [6.07, 6.45) is 1.50. The maximum absolute atomic E-state index is 12.5. The quantitative estimate of drug-likeness (QED) is 0.543. The van der Waals surface area contributed by atoms with Crippen LogP contribution in [0.3, 0.4) is 0 Å². The molecule has 0 bridgehead atoms. The van der Waals surface area contributed by atoms with Crippen molar-refractivity contribution in [1.82, 2.24) is 4.90 Å². The zero-order chi connectivity index (χ0) is 21.5. The van der Waals surface area contributed by atoms with Crippen LogP contribution in [0.25, 0.3) is 6.08 Å². The van der Waals surface area contributed by atoms with E-state index in [-0.39, 0.29) is 23.8 Å². The van der Waals surface area contributed by atoms with Crippen molar-refractivity contribution in [3.05, 3.63) is 53.0 Å². The number of nitrogens with zero attached hydrogens (tertiary/aromatic N) is 2. The summed E-state index contributed by atoms with van der Waals surface area (Å²) in [7, 11) is 1.47. The number of aromatic carboxylic acids is 1. The molecule has 0 saturated carbocycles. The SMILES string of the molecule is COc1cc(C=C(C#N)C(=O)N2CCOCC2)ccc1OCc1ccc(C(=O)O)o1. The molecule has 1 saturated heterocycles. The molecular weight excluding hydrogens is 392 g/mol. The van der Waals surface area contributed by atoms with Crippen LogP contribution in [-0.2, 0) is 16.1 Å². The van der Waals surface area contributed by atoms with Gasteiger partial charge < -0.3 is 28.6 Å². The molecule has 0 spiro atoms. The summed E-state index contributed by atoms with van der Waals surface area (Å²) in [6.45, 7) is 1.81. The molecule has 1 aliphatic rings. The highest BCUT2D eigenvalue weighted by molar-refractivity contribution is 6.01. The van der Waals surface area contributed by atoms with E-state index in [2.05, 4.69) is 0 Å². The van der Waals surface area contributed by atoms with E-state index in [1.807, 2.05) is 6.07 Å². The maximum Gasteiger partial charge on any atom is 0.371 e. The van der Waals surface area contributed by atoms with E-state index >= 15 is 0 Å². The molecule has 1 aromatic heterocycles. The highest BCUT2D eigenvalue weighted by Crippen LogP contribution is 2.30. The van der Waals surface area contributed by atoms with Crippen molar-refractivity contribution in [2.24, 2.45) is 0 Å². The Morgan fingerprint density at radius 2 is 2.00 bits per heavy atom. The molecular formula is C21H20N2O7. The third kappa shape index (κ3) is 4.98. The standard InChI is InChI=1S/C21H20N2O7/c1-27-19-11-14(10-15(12-22)20(24)23-6-8-28-9-7-23)2-4-17(19)29-13-16-3-5-18(30-16)21(25)26/h2-5,10-11H,6-9,13H2,1H3,(H,25,26). The Balaban J connectivity index is 1.73. The molecule has 1 fully saturated rings. The van der Waals surface area contributed by atoms with E-state index in [1.165, 1.54) is 25.3 Å². The number of carbonyl (C=O) groups is 2. The van der Waals surface area contributed by atoms with Gasteiger partial charge in [0.25, 0.3) is 5.91 Å². The first-order valence-electron chi connectivity index (χ1n) is 9.13. The predicted molar refractivity (Wildman–Crippen MR) is 104 cm³/mol. The molecule has 2 heterocycles. The van der Waals surface area contributed by atoms with E-state index in [9.17, 15) is 14.9 Å². The molecule has 0 unspecified atom stereocenters. The summed E-state index contributed by atoms with van der Waals surface area (Å²) >= 11 is 0. The lowest BCUT2D eigenvalue weighted by Gasteiger charge is -2.26. The first-order valence-corrected chi connectivity index (χ1v) is 9.13. The third-order valence-electron chi connectivity index (χ3n) is 4.39. The Hall–Kier alpha value is -3.77. The second kappa shape index (κ2) is 9.62. The van der Waals surface area contributed by atoms with Gasteiger partial charge in [-0.3, -0.25) is 4.79 Å². The van der Waals surface area contributed by atoms with E-state index in [0.717, 1.165) is 0 Å². The van der Waals surface area contributed by atoms with Crippen LogP contribution in [0, 0.1) is 11.3 Å². The van der Waals surface area contributed by atoms with Crippen LogP contribution in [0.15, 0.2) is 40.3 Å². The fourth-order valence-corrected chi connectivity index (χ4v) is 2.86. The van der Waals surface area contributed by atoms with Gasteiger partial charge in [-0.2, -0.15) is 5.26 Å².